The Kier molecular flexibility index (Phi) is 3.77. The van der Waals surface area contributed by atoms with Crippen LogP contribution in [0.4, 0.5) is 0 Å². The molecule has 134 valence electrons. The smallest absolute Gasteiger partial charge is 0.137 e. The predicted octanol–water partition coefficient (Wildman–Crippen LogP) is 3.77. The molecule has 0 aromatic carbocycles. The van der Waals surface area contributed by atoms with E-state index >= 15 is 0 Å². The SMILES string of the molecule is CC(=O)[C@H]1CC[C@H]2[C@@H]3CC[C@H]4CC(O)CC[C@]4(C)[C@H]3C(=O)C[C@]12C. The number of hydrogen-bond acceptors (Lipinski definition) is 3. The molecule has 0 radical (unpaired) electrons. The van der Waals surface area contributed by atoms with E-state index in [1.807, 2.05) is 0 Å². The summed E-state index contributed by atoms with van der Waals surface area (Å²) in [4.78, 5) is 25.5. The number of carbonyl (C=O) groups excluding carboxylic acids is 2. The van der Waals surface area contributed by atoms with Crippen molar-refractivity contribution in [2.24, 2.45) is 40.4 Å². The minimum Gasteiger partial charge on any atom is -0.393 e. The minimum atomic E-state index is -0.169. The van der Waals surface area contributed by atoms with Crippen molar-refractivity contribution >= 4 is 11.6 Å². The molecular weight excluding hydrogens is 300 g/mol. The van der Waals surface area contributed by atoms with Crippen molar-refractivity contribution in [1.82, 2.24) is 0 Å². The lowest BCUT2D eigenvalue weighted by Gasteiger charge is -2.59. The zero-order valence-corrected chi connectivity index (χ0v) is 15.4. The van der Waals surface area contributed by atoms with Crippen molar-refractivity contribution in [3.05, 3.63) is 0 Å². The van der Waals surface area contributed by atoms with Gasteiger partial charge in [0.2, 0.25) is 0 Å². The van der Waals surface area contributed by atoms with Crippen LogP contribution in [0.3, 0.4) is 0 Å². The van der Waals surface area contributed by atoms with Gasteiger partial charge in [-0.3, -0.25) is 9.59 Å². The van der Waals surface area contributed by atoms with Gasteiger partial charge in [0.15, 0.2) is 0 Å². The molecular formula is C21H32O3. The zero-order valence-electron chi connectivity index (χ0n) is 15.4. The first kappa shape index (κ1) is 16.8. The van der Waals surface area contributed by atoms with Gasteiger partial charge in [-0.1, -0.05) is 13.8 Å². The molecule has 1 unspecified atom stereocenters. The Morgan fingerprint density at radius 2 is 1.83 bits per heavy atom. The predicted molar refractivity (Wildman–Crippen MR) is 92.3 cm³/mol. The van der Waals surface area contributed by atoms with Gasteiger partial charge in [0, 0.05) is 18.3 Å². The molecule has 0 aliphatic heterocycles. The van der Waals surface area contributed by atoms with Crippen LogP contribution < -0.4 is 0 Å². The van der Waals surface area contributed by atoms with Crippen LogP contribution in [0.5, 0.6) is 0 Å². The first-order valence-electron chi connectivity index (χ1n) is 9.98. The molecule has 0 spiro atoms. The van der Waals surface area contributed by atoms with Gasteiger partial charge in [-0.25, -0.2) is 0 Å². The summed E-state index contributed by atoms with van der Waals surface area (Å²) in [6.45, 7) is 6.28. The van der Waals surface area contributed by atoms with Gasteiger partial charge in [-0.2, -0.15) is 0 Å². The molecule has 0 amide bonds. The number of carbonyl (C=O) groups is 2. The molecule has 0 aromatic heterocycles. The van der Waals surface area contributed by atoms with E-state index in [4.69, 9.17) is 0 Å². The summed E-state index contributed by atoms with van der Waals surface area (Å²) in [6, 6.07) is 0. The third-order valence-electron chi connectivity index (χ3n) is 8.81. The fourth-order valence-electron chi connectivity index (χ4n) is 7.72. The lowest BCUT2D eigenvalue weighted by atomic mass is 9.44. The Labute approximate surface area is 145 Å². The molecule has 24 heavy (non-hydrogen) atoms. The molecule has 0 heterocycles. The Hall–Kier alpha value is -0.700. The Bertz CT molecular complexity index is 569. The van der Waals surface area contributed by atoms with Gasteiger partial charge in [-0.05, 0) is 80.5 Å². The molecule has 0 aromatic rings. The maximum atomic E-state index is 13.3. The average Bonchev–Trinajstić information content (AvgIpc) is 2.84. The van der Waals surface area contributed by atoms with E-state index < -0.39 is 0 Å². The van der Waals surface area contributed by atoms with Crippen molar-refractivity contribution in [3.8, 4) is 0 Å². The summed E-state index contributed by atoms with van der Waals surface area (Å²) in [5.74, 6) is 2.48. The Balaban J connectivity index is 1.68. The van der Waals surface area contributed by atoms with Gasteiger partial charge in [0.1, 0.15) is 11.6 Å². The highest BCUT2D eigenvalue weighted by Gasteiger charge is 2.63. The standard InChI is InChI=1S/C21H32O3/c1-12(22)16-6-7-17-15-5-4-13-10-14(23)8-9-20(13,2)19(15)18(24)11-21(16,17)3/h13-17,19,23H,4-11H2,1-3H3/t13-,14?,15-,16+,17-,19+,20-,21+/m0/s1. The summed E-state index contributed by atoms with van der Waals surface area (Å²) in [5, 5.41) is 10.1. The van der Waals surface area contributed by atoms with Crippen LogP contribution in [0.25, 0.3) is 0 Å². The van der Waals surface area contributed by atoms with E-state index in [0.29, 0.717) is 30.0 Å². The monoisotopic (exact) mass is 332 g/mol. The first-order chi connectivity index (χ1) is 11.3. The highest BCUT2D eigenvalue weighted by molar-refractivity contribution is 5.87. The maximum absolute atomic E-state index is 13.3. The quantitative estimate of drug-likeness (QED) is 0.795. The van der Waals surface area contributed by atoms with Gasteiger partial charge in [0.05, 0.1) is 6.10 Å². The van der Waals surface area contributed by atoms with E-state index in [9.17, 15) is 14.7 Å². The van der Waals surface area contributed by atoms with E-state index in [1.165, 1.54) is 0 Å². The summed E-state index contributed by atoms with van der Waals surface area (Å²) < 4.78 is 0. The molecule has 0 bridgehead atoms. The molecule has 4 fully saturated rings. The molecule has 0 saturated heterocycles. The molecule has 4 saturated carbocycles. The maximum Gasteiger partial charge on any atom is 0.137 e. The third kappa shape index (κ3) is 2.12. The number of ketones is 2. The number of rotatable bonds is 1. The van der Waals surface area contributed by atoms with E-state index in [2.05, 4.69) is 13.8 Å². The molecule has 4 aliphatic carbocycles. The largest absolute Gasteiger partial charge is 0.393 e. The fourth-order valence-corrected chi connectivity index (χ4v) is 7.72. The van der Waals surface area contributed by atoms with E-state index in [-0.39, 0.29) is 34.6 Å². The second kappa shape index (κ2) is 5.40. The van der Waals surface area contributed by atoms with Crippen LogP contribution in [0.15, 0.2) is 0 Å². The van der Waals surface area contributed by atoms with Gasteiger partial charge >= 0.3 is 0 Å². The van der Waals surface area contributed by atoms with Crippen molar-refractivity contribution in [2.45, 2.75) is 78.2 Å². The molecule has 1 N–H and O–H groups in total. The van der Waals surface area contributed by atoms with Crippen LogP contribution in [0.1, 0.15) is 72.1 Å². The van der Waals surface area contributed by atoms with Crippen LogP contribution in [0.2, 0.25) is 0 Å². The first-order valence-corrected chi connectivity index (χ1v) is 9.98. The summed E-state index contributed by atoms with van der Waals surface area (Å²) in [5.41, 5.74) is -0.0175. The molecule has 4 rings (SSSR count). The third-order valence-corrected chi connectivity index (χ3v) is 8.81. The van der Waals surface area contributed by atoms with Crippen molar-refractivity contribution in [3.63, 3.8) is 0 Å². The second-order valence-corrected chi connectivity index (χ2v) is 9.85. The van der Waals surface area contributed by atoms with Crippen LogP contribution in [0, 0.1) is 40.4 Å². The molecule has 8 atom stereocenters. The second-order valence-electron chi connectivity index (χ2n) is 9.85. The lowest BCUT2D eigenvalue weighted by molar-refractivity contribution is -0.162. The van der Waals surface area contributed by atoms with Crippen LogP contribution in [-0.2, 0) is 9.59 Å². The van der Waals surface area contributed by atoms with Gasteiger partial charge in [-0.15, -0.1) is 0 Å². The number of aliphatic hydroxyl groups excluding tert-OH is 1. The van der Waals surface area contributed by atoms with Gasteiger partial charge in [0.25, 0.3) is 0 Å². The lowest BCUT2D eigenvalue weighted by Crippen LogP contribution is -2.58. The average molecular weight is 332 g/mol. The number of fused-ring (bicyclic) bond motifs is 5. The van der Waals surface area contributed by atoms with Gasteiger partial charge < -0.3 is 5.11 Å². The highest BCUT2D eigenvalue weighted by Crippen LogP contribution is 2.66. The zero-order chi connectivity index (χ0) is 17.3. The van der Waals surface area contributed by atoms with E-state index in [0.717, 1.165) is 44.9 Å². The number of hydrogen-bond donors (Lipinski definition) is 1. The van der Waals surface area contributed by atoms with Crippen LogP contribution >= 0.6 is 0 Å². The number of Topliss-reactive ketones (excluding diaryl/α,β-unsaturated/α-hetero) is 2. The highest BCUT2D eigenvalue weighted by atomic mass is 16.3. The summed E-state index contributed by atoms with van der Waals surface area (Å²) >= 11 is 0. The normalized spacial score (nSPS) is 53.9. The summed E-state index contributed by atoms with van der Waals surface area (Å²) in [7, 11) is 0. The number of aliphatic hydroxyl groups is 1. The van der Waals surface area contributed by atoms with Crippen molar-refractivity contribution in [2.75, 3.05) is 0 Å². The molecule has 3 nitrogen and oxygen atoms in total. The Morgan fingerprint density at radius 1 is 1.08 bits per heavy atom. The Morgan fingerprint density at radius 3 is 2.54 bits per heavy atom. The molecule has 3 heteroatoms. The van der Waals surface area contributed by atoms with Crippen LogP contribution in [-0.4, -0.2) is 22.8 Å². The topological polar surface area (TPSA) is 54.4 Å². The fraction of sp³-hybridized carbons (Fsp3) is 0.905. The minimum absolute atomic E-state index is 0.0782. The van der Waals surface area contributed by atoms with Crippen molar-refractivity contribution in [1.29, 1.82) is 0 Å². The summed E-state index contributed by atoms with van der Waals surface area (Å²) in [6.07, 6.45) is 7.53. The van der Waals surface area contributed by atoms with E-state index in [1.54, 1.807) is 6.92 Å². The molecule has 4 aliphatic rings. The van der Waals surface area contributed by atoms with Crippen molar-refractivity contribution < 1.29 is 14.7 Å².